The van der Waals surface area contributed by atoms with Crippen LogP contribution in [0.3, 0.4) is 0 Å². The first-order valence-corrected chi connectivity index (χ1v) is 11.2. The second-order valence-corrected chi connectivity index (χ2v) is 9.00. The van der Waals surface area contributed by atoms with Crippen LogP contribution in [0.1, 0.15) is 22.4 Å². The normalized spacial score (nSPS) is 20.5. The van der Waals surface area contributed by atoms with E-state index in [9.17, 15) is 14.4 Å². The van der Waals surface area contributed by atoms with E-state index in [1.165, 1.54) is 4.88 Å². The third kappa shape index (κ3) is 3.54. The maximum atomic E-state index is 13.0. The van der Waals surface area contributed by atoms with Crippen molar-refractivity contribution in [1.29, 1.82) is 0 Å². The van der Waals surface area contributed by atoms with Gasteiger partial charge in [0.25, 0.3) is 5.91 Å². The first-order chi connectivity index (χ1) is 13.6. The fourth-order valence-electron chi connectivity index (χ4n) is 3.76. The zero-order chi connectivity index (χ0) is 19.6. The highest BCUT2D eigenvalue weighted by molar-refractivity contribution is 7.98. The molecule has 28 heavy (non-hydrogen) atoms. The third-order valence-corrected chi connectivity index (χ3v) is 7.18. The topological polar surface area (TPSA) is 78.5 Å². The van der Waals surface area contributed by atoms with E-state index in [0.717, 1.165) is 34.0 Å². The standard InChI is InChI=1S/C20H21N3O3S2/c24-17(21-9-11-27-13-15-5-3-10-28-15)12-23-18(25)20(22-19(23)26)8-7-14-4-1-2-6-16(14)20/h1-6,10H,7-9,11-13H2,(H,21,24)(H,22,26)/t20-/m1/s1. The van der Waals surface area contributed by atoms with Crippen LogP contribution in [0.5, 0.6) is 0 Å². The first-order valence-electron chi connectivity index (χ1n) is 9.19. The molecule has 2 aromatic rings. The summed E-state index contributed by atoms with van der Waals surface area (Å²) in [6.45, 7) is 0.261. The predicted molar refractivity (Wildman–Crippen MR) is 110 cm³/mol. The van der Waals surface area contributed by atoms with E-state index in [4.69, 9.17) is 0 Å². The number of benzene rings is 1. The van der Waals surface area contributed by atoms with E-state index in [-0.39, 0.29) is 18.4 Å². The van der Waals surface area contributed by atoms with Crippen molar-refractivity contribution in [3.8, 4) is 0 Å². The molecular formula is C20H21N3O3S2. The Labute approximate surface area is 171 Å². The summed E-state index contributed by atoms with van der Waals surface area (Å²) in [7, 11) is 0. The van der Waals surface area contributed by atoms with Crippen molar-refractivity contribution in [2.45, 2.75) is 24.1 Å². The Morgan fingerprint density at radius 1 is 1.25 bits per heavy atom. The van der Waals surface area contributed by atoms with E-state index >= 15 is 0 Å². The number of thioether (sulfide) groups is 1. The number of carbonyl (C=O) groups excluding carboxylic acids is 3. The minimum Gasteiger partial charge on any atom is -0.354 e. The lowest BCUT2D eigenvalue weighted by molar-refractivity contribution is -0.135. The van der Waals surface area contributed by atoms with Crippen molar-refractivity contribution in [2.24, 2.45) is 0 Å². The van der Waals surface area contributed by atoms with Crippen molar-refractivity contribution in [3.05, 3.63) is 57.8 Å². The highest BCUT2D eigenvalue weighted by atomic mass is 32.2. The molecule has 1 atom stereocenters. The van der Waals surface area contributed by atoms with Gasteiger partial charge in [-0.2, -0.15) is 11.8 Å². The number of hydrogen-bond donors (Lipinski definition) is 2. The number of hydrogen-bond acceptors (Lipinski definition) is 5. The Hall–Kier alpha value is -2.32. The van der Waals surface area contributed by atoms with E-state index in [0.29, 0.717) is 13.0 Å². The van der Waals surface area contributed by atoms with Crippen molar-refractivity contribution in [2.75, 3.05) is 18.8 Å². The third-order valence-electron chi connectivity index (χ3n) is 5.12. The molecule has 0 unspecified atom stereocenters. The quantitative estimate of drug-likeness (QED) is 0.538. The van der Waals surface area contributed by atoms with Crippen LogP contribution in [0.4, 0.5) is 4.79 Å². The number of fused-ring (bicyclic) bond motifs is 2. The van der Waals surface area contributed by atoms with Gasteiger partial charge >= 0.3 is 6.03 Å². The molecule has 1 saturated heterocycles. The van der Waals surface area contributed by atoms with E-state index in [2.05, 4.69) is 16.7 Å². The Morgan fingerprint density at radius 3 is 2.93 bits per heavy atom. The summed E-state index contributed by atoms with van der Waals surface area (Å²) in [6.07, 6.45) is 1.28. The van der Waals surface area contributed by atoms with Crippen LogP contribution in [0.25, 0.3) is 0 Å². The molecule has 6 nitrogen and oxygen atoms in total. The molecular weight excluding hydrogens is 394 g/mol. The highest BCUT2D eigenvalue weighted by Crippen LogP contribution is 2.41. The molecule has 1 spiro atoms. The molecule has 2 aliphatic rings. The number of thiophene rings is 1. The molecule has 2 heterocycles. The van der Waals surface area contributed by atoms with Gasteiger partial charge in [-0.05, 0) is 35.4 Å². The molecule has 0 saturated carbocycles. The Balaban J connectivity index is 1.30. The van der Waals surface area contributed by atoms with Gasteiger partial charge in [0, 0.05) is 22.9 Å². The molecule has 4 rings (SSSR count). The Kier molecular flexibility index (Phi) is 5.41. The van der Waals surface area contributed by atoms with Crippen LogP contribution >= 0.6 is 23.1 Å². The summed E-state index contributed by atoms with van der Waals surface area (Å²) in [4.78, 5) is 40.0. The number of carbonyl (C=O) groups is 3. The monoisotopic (exact) mass is 415 g/mol. The Morgan fingerprint density at radius 2 is 2.11 bits per heavy atom. The van der Waals surface area contributed by atoms with Gasteiger partial charge in [0.15, 0.2) is 0 Å². The second kappa shape index (κ2) is 7.97. The summed E-state index contributed by atoms with van der Waals surface area (Å²) in [5.41, 5.74) is 0.913. The zero-order valence-electron chi connectivity index (χ0n) is 15.3. The summed E-state index contributed by atoms with van der Waals surface area (Å²) in [5, 5.41) is 7.68. The SMILES string of the molecule is O=C(CN1C(=O)N[C@@]2(CCc3ccccc32)C1=O)NCCSCc1cccs1. The minimum atomic E-state index is -1.01. The van der Waals surface area contributed by atoms with Gasteiger partial charge in [-0.3, -0.25) is 14.5 Å². The maximum Gasteiger partial charge on any atom is 0.325 e. The van der Waals surface area contributed by atoms with Crippen LogP contribution in [-0.2, 0) is 27.3 Å². The lowest BCUT2D eigenvalue weighted by Crippen LogP contribution is -2.44. The fourth-order valence-corrected chi connectivity index (χ4v) is 5.46. The average molecular weight is 416 g/mol. The minimum absolute atomic E-state index is 0.246. The van der Waals surface area contributed by atoms with Crippen molar-refractivity contribution in [1.82, 2.24) is 15.5 Å². The summed E-state index contributed by atoms with van der Waals surface area (Å²) in [5.74, 6) is 1.05. The van der Waals surface area contributed by atoms with Crippen LogP contribution in [-0.4, -0.2) is 41.6 Å². The maximum absolute atomic E-state index is 13.0. The predicted octanol–water partition coefficient (Wildman–Crippen LogP) is 2.49. The van der Waals surface area contributed by atoms with Crippen molar-refractivity contribution in [3.63, 3.8) is 0 Å². The van der Waals surface area contributed by atoms with Crippen molar-refractivity contribution < 1.29 is 14.4 Å². The molecule has 1 aliphatic heterocycles. The second-order valence-electron chi connectivity index (χ2n) is 6.87. The van der Waals surface area contributed by atoms with Gasteiger partial charge in [0.05, 0.1) is 0 Å². The largest absolute Gasteiger partial charge is 0.354 e. The average Bonchev–Trinajstić information content (AvgIpc) is 3.39. The summed E-state index contributed by atoms with van der Waals surface area (Å²) in [6, 6.07) is 11.3. The molecule has 2 N–H and O–H groups in total. The molecule has 8 heteroatoms. The van der Waals surface area contributed by atoms with E-state index in [1.54, 1.807) is 23.1 Å². The van der Waals surface area contributed by atoms with Crippen LogP contribution in [0.2, 0.25) is 0 Å². The smallest absolute Gasteiger partial charge is 0.325 e. The molecule has 1 aromatic heterocycles. The number of aryl methyl sites for hydroxylation is 1. The van der Waals surface area contributed by atoms with Crippen molar-refractivity contribution >= 4 is 40.9 Å². The Bertz CT molecular complexity index is 900. The number of nitrogens with zero attached hydrogens (tertiary/aromatic N) is 1. The molecule has 0 bridgehead atoms. The number of amides is 4. The summed E-state index contributed by atoms with van der Waals surface area (Å²) < 4.78 is 0. The first kappa shape index (κ1) is 19.0. The van der Waals surface area contributed by atoms with Gasteiger partial charge in [0.1, 0.15) is 12.1 Å². The van der Waals surface area contributed by atoms with Crippen LogP contribution < -0.4 is 10.6 Å². The number of nitrogens with one attached hydrogen (secondary N) is 2. The lowest BCUT2D eigenvalue weighted by atomic mass is 9.92. The van der Waals surface area contributed by atoms with Gasteiger partial charge in [-0.25, -0.2) is 4.79 Å². The fraction of sp³-hybridized carbons (Fsp3) is 0.350. The van der Waals surface area contributed by atoms with E-state index < -0.39 is 11.6 Å². The lowest BCUT2D eigenvalue weighted by Gasteiger charge is -2.22. The van der Waals surface area contributed by atoms with Gasteiger partial charge in [-0.1, -0.05) is 30.3 Å². The molecule has 4 amide bonds. The van der Waals surface area contributed by atoms with Gasteiger partial charge in [0.2, 0.25) is 5.91 Å². The van der Waals surface area contributed by atoms with Crippen LogP contribution in [0.15, 0.2) is 41.8 Å². The molecule has 1 fully saturated rings. The highest BCUT2D eigenvalue weighted by Gasteiger charge is 2.55. The van der Waals surface area contributed by atoms with Gasteiger partial charge < -0.3 is 10.6 Å². The number of urea groups is 1. The molecule has 146 valence electrons. The molecule has 0 radical (unpaired) electrons. The number of rotatable bonds is 7. The zero-order valence-corrected chi connectivity index (χ0v) is 16.9. The number of imide groups is 1. The molecule has 1 aliphatic carbocycles. The summed E-state index contributed by atoms with van der Waals surface area (Å²) >= 11 is 3.46. The van der Waals surface area contributed by atoms with E-state index in [1.807, 2.05) is 35.7 Å². The van der Waals surface area contributed by atoms with Crippen LogP contribution in [0, 0.1) is 0 Å². The molecule has 1 aromatic carbocycles. The van der Waals surface area contributed by atoms with Gasteiger partial charge in [-0.15, -0.1) is 11.3 Å².